The number of ether oxygens (including phenoxy) is 2. The molecule has 1 aromatic rings. The summed E-state index contributed by atoms with van der Waals surface area (Å²) in [6.07, 6.45) is 2.84. The first-order valence-corrected chi connectivity index (χ1v) is 8.73. The zero-order chi connectivity index (χ0) is 18.2. The van der Waals surface area contributed by atoms with Gasteiger partial charge in [0.15, 0.2) is 6.54 Å². The van der Waals surface area contributed by atoms with Crippen LogP contribution in [0.2, 0.25) is 0 Å². The van der Waals surface area contributed by atoms with Crippen LogP contribution in [0.4, 0.5) is 4.79 Å². The molecule has 3 N–H and O–H groups in total. The molecule has 7 nitrogen and oxygen atoms in total. The van der Waals surface area contributed by atoms with Gasteiger partial charge in [0.05, 0.1) is 26.3 Å². The van der Waals surface area contributed by atoms with Crippen molar-refractivity contribution in [2.24, 2.45) is 0 Å². The lowest BCUT2D eigenvalue weighted by atomic mass is 10.0. The van der Waals surface area contributed by atoms with Gasteiger partial charge in [-0.2, -0.15) is 0 Å². The zero-order valence-corrected chi connectivity index (χ0v) is 15.2. The minimum Gasteiger partial charge on any atom is -0.497 e. The van der Waals surface area contributed by atoms with E-state index in [1.54, 1.807) is 14.2 Å². The molecule has 1 saturated heterocycles. The number of carbonyl (C=O) groups excluding carboxylic acids is 2. The van der Waals surface area contributed by atoms with E-state index in [9.17, 15) is 9.59 Å². The van der Waals surface area contributed by atoms with Crippen LogP contribution >= 0.6 is 0 Å². The monoisotopic (exact) mass is 350 g/mol. The molecule has 25 heavy (non-hydrogen) atoms. The zero-order valence-electron chi connectivity index (χ0n) is 15.2. The average molecular weight is 350 g/mol. The third-order valence-electron chi connectivity index (χ3n) is 4.48. The van der Waals surface area contributed by atoms with Gasteiger partial charge in [-0.05, 0) is 18.6 Å². The van der Waals surface area contributed by atoms with E-state index in [2.05, 4.69) is 10.6 Å². The van der Waals surface area contributed by atoms with Crippen LogP contribution in [0.1, 0.15) is 37.8 Å². The van der Waals surface area contributed by atoms with Gasteiger partial charge >= 0.3 is 6.03 Å². The molecule has 0 spiro atoms. The van der Waals surface area contributed by atoms with Crippen molar-refractivity contribution in [1.82, 2.24) is 10.6 Å². The number of imide groups is 1. The second-order valence-corrected chi connectivity index (χ2v) is 6.19. The van der Waals surface area contributed by atoms with Crippen molar-refractivity contribution >= 4 is 11.9 Å². The number of likely N-dealkylation sites (tertiary alicyclic amines) is 1. The van der Waals surface area contributed by atoms with Crippen molar-refractivity contribution < 1.29 is 24.0 Å². The van der Waals surface area contributed by atoms with Gasteiger partial charge in [-0.3, -0.25) is 10.1 Å². The van der Waals surface area contributed by atoms with E-state index in [1.807, 2.05) is 25.1 Å². The number of carbonyl (C=O) groups is 2. The summed E-state index contributed by atoms with van der Waals surface area (Å²) in [5.74, 6) is 1.25. The molecule has 0 bridgehead atoms. The summed E-state index contributed by atoms with van der Waals surface area (Å²) >= 11 is 0. The molecule has 1 fully saturated rings. The molecule has 138 valence electrons. The Balaban J connectivity index is 2.02. The van der Waals surface area contributed by atoms with E-state index in [-0.39, 0.29) is 18.5 Å². The molecule has 1 aliphatic rings. The van der Waals surface area contributed by atoms with E-state index < -0.39 is 6.03 Å². The molecule has 0 aliphatic carbocycles. The van der Waals surface area contributed by atoms with Gasteiger partial charge in [0.1, 0.15) is 17.5 Å². The van der Waals surface area contributed by atoms with Crippen LogP contribution in [0.5, 0.6) is 11.5 Å². The highest BCUT2D eigenvalue weighted by Crippen LogP contribution is 2.31. The van der Waals surface area contributed by atoms with Crippen LogP contribution in [0.25, 0.3) is 0 Å². The summed E-state index contributed by atoms with van der Waals surface area (Å²) in [6, 6.07) is 5.52. The SMILES string of the molecule is CCCNC(=O)NC(=O)C[NH+]1CCC[C@@H]1c1ccc(OC)cc1OC. The van der Waals surface area contributed by atoms with E-state index in [0.29, 0.717) is 6.54 Å². The van der Waals surface area contributed by atoms with Crippen molar-refractivity contribution in [2.75, 3.05) is 33.9 Å². The molecule has 1 aromatic carbocycles. The van der Waals surface area contributed by atoms with Gasteiger partial charge in [0.25, 0.3) is 5.91 Å². The molecule has 0 saturated carbocycles. The molecule has 1 unspecified atom stereocenters. The highest BCUT2D eigenvalue weighted by Gasteiger charge is 2.34. The topological polar surface area (TPSA) is 81.1 Å². The first kappa shape index (κ1) is 19.1. The Kier molecular flexibility index (Phi) is 7.06. The Bertz CT molecular complexity index is 606. The smallest absolute Gasteiger partial charge is 0.321 e. The first-order chi connectivity index (χ1) is 12.1. The third kappa shape index (κ3) is 5.09. The summed E-state index contributed by atoms with van der Waals surface area (Å²) in [6.45, 7) is 3.67. The van der Waals surface area contributed by atoms with Crippen molar-refractivity contribution in [1.29, 1.82) is 0 Å². The summed E-state index contributed by atoms with van der Waals surface area (Å²) < 4.78 is 10.8. The van der Waals surface area contributed by atoms with Crippen LogP contribution in [0.15, 0.2) is 18.2 Å². The minimum absolute atomic E-state index is 0.172. The number of amides is 3. The van der Waals surface area contributed by atoms with Crippen molar-refractivity contribution in [3.05, 3.63) is 23.8 Å². The van der Waals surface area contributed by atoms with Crippen LogP contribution in [0.3, 0.4) is 0 Å². The van der Waals surface area contributed by atoms with Gasteiger partial charge in [-0.15, -0.1) is 0 Å². The number of hydrogen-bond acceptors (Lipinski definition) is 4. The van der Waals surface area contributed by atoms with Gasteiger partial charge in [0, 0.05) is 25.5 Å². The Hall–Kier alpha value is -2.28. The molecular formula is C18H28N3O4+. The number of benzene rings is 1. The van der Waals surface area contributed by atoms with Crippen molar-refractivity contribution in [2.45, 2.75) is 32.2 Å². The number of methoxy groups -OCH3 is 2. The lowest BCUT2D eigenvalue weighted by Gasteiger charge is -2.23. The number of nitrogens with one attached hydrogen (secondary N) is 3. The second kappa shape index (κ2) is 9.27. The molecule has 0 aromatic heterocycles. The molecule has 7 heteroatoms. The van der Waals surface area contributed by atoms with Gasteiger partial charge in [-0.1, -0.05) is 6.92 Å². The van der Waals surface area contributed by atoms with Crippen molar-refractivity contribution in [3.63, 3.8) is 0 Å². The Morgan fingerprint density at radius 2 is 2.08 bits per heavy atom. The number of rotatable bonds is 7. The molecular weight excluding hydrogens is 322 g/mol. The third-order valence-corrected chi connectivity index (χ3v) is 4.48. The fraction of sp³-hybridized carbons (Fsp3) is 0.556. The quantitative estimate of drug-likeness (QED) is 0.675. The van der Waals surface area contributed by atoms with E-state index >= 15 is 0 Å². The van der Waals surface area contributed by atoms with Crippen LogP contribution in [-0.4, -0.2) is 45.8 Å². The summed E-state index contributed by atoms with van der Waals surface area (Å²) in [7, 11) is 3.26. The van der Waals surface area contributed by atoms with Gasteiger partial charge < -0.3 is 19.7 Å². The molecule has 2 atom stereocenters. The van der Waals surface area contributed by atoms with Crippen LogP contribution in [0, 0.1) is 0 Å². The fourth-order valence-corrected chi connectivity index (χ4v) is 3.26. The molecule has 0 radical (unpaired) electrons. The number of hydrogen-bond donors (Lipinski definition) is 3. The number of quaternary nitrogens is 1. The Morgan fingerprint density at radius 3 is 2.76 bits per heavy atom. The predicted octanol–water partition coefficient (Wildman–Crippen LogP) is 0.659. The largest absolute Gasteiger partial charge is 0.497 e. The molecule has 3 amide bonds. The highest BCUT2D eigenvalue weighted by atomic mass is 16.5. The maximum absolute atomic E-state index is 12.2. The van der Waals surface area contributed by atoms with Crippen LogP contribution in [-0.2, 0) is 4.79 Å². The lowest BCUT2D eigenvalue weighted by molar-refractivity contribution is -0.910. The van der Waals surface area contributed by atoms with Gasteiger partial charge in [-0.25, -0.2) is 4.79 Å². The highest BCUT2D eigenvalue weighted by molar-refractivity contribution is 5.94. The summed E-state index contributed by atoms with van der Waals surface area (Å²) in [4.78, 5) is 24.9. The van der Waals surface area contributed by atoms with E-state index in [4.69, 9.17) is 9.47 Å². The minimum atomic E-state index is -0.427. The molecule has 1 heterocycles. The molecule has 1 aliphatic heterocycles. The van der Waals surface area contributed by atoms with Crippen molar-refractivity contribution in [3.8, 4) is 11.5 Å². The average Bonchev–Trinajstić information content (AvgIpc) is 3.06. The second-order valence-electron chi connectivity index (χ2n) is 6.19. The lowest BCUT2D eigenvalue weighted by Crippen LogP contribution is -3.11. The predicted molar refractivity (Wildman–Crippen MR) is 94.1 cm³/mol. The number of urea groups is 1. The van der Waals surface area contributed by atoms with E-state index in [1.165, 1.54) is 0 Å². The van der Waals surface area contributed by atoms with Gasteiger partial charge in [0.2, 0.25) is 0 Å². The summed E-state index contributed by atoms with van der Waals surface area (Å²) in [5, 5.41) is 5.05. The molecule has 2 rings (SSSR count). The fourth-order valence-electron chi connectivity index (χ4n) is 3.26. The maximum atomic E-state index is 12.2. The van der Waals surface area contributed by atoms with E-state index in [0.717, 1.165) is 47.8 Å². The standard InChI is InChI=1S/C18H27N3O4/c1-4-9-19-18(23)20-17(22)12-21-10-5-6-15(21)14-8-7-13(24-2)11-16(14)25-3/h7-8,11,15H,4-6,9-10,12H2,1-3H3,(H2,19,20,22,23)/p+1/t15-/m1/s1. The normalized spacial score (nSPS) is 19.3. The maximum Gasteiger partial charge on any atom is 0.321 e. The Morgan fingerprint density at radius 1 is 1.28 bits per heavy atom. The summed E-state index contributed by atoms with van der Waals surface area (Å²) in [5.41, 5.74) is 1.07. The first-order valence-electron chi connectivity index (χ1n) is 8.73. The Labute approximate surface area is 148 Å². The van der Waals surface area contributed by atoms with Crippen LogP contribution < -0.4 is 25.0 Å².